The number of thiophene rings is 1. The number of halogens is 1. The Morgan fingerprint density at radius 1 is 1.29 bits per heavy atom. The van der Waals surface area contributed by atoms with Crippen LogP contribution >= 0.6 is 27.3 Å². The zero-order valence-electron chi connectivity index (χ0n) is 9.48. The predicted molar refractivity (Wildman–Crippen MR) is 74.2 cm³/mol. The lowest BCUT2D eigenvalue weighted by molar-refractivity contribution is 0.320. The molecule has 1 aromatic heterocycles. The van der Waals surface area contributed by atoms with Gasteiger partial charge in [0.25, 0.3) is 0 Å². The van der Waals surface area contributed by atoms with Crippen LogP contribution in [0.3, 0.4) is 0 Å². The normalized spacial score (nSPS) is 10.2. The standard InChI is InChI=1S/C13H13BrO2S/c1-15-10-4-5-13(12(14)9-10)16-7-6-11-3-2-8-17-11/h2-5,8-9H,6-7H2,1H3. The summed E-state index contributed by atoms with van der Waals surface area (Å²) >= 11 is 5.22. The maximum Gasteiger partial charge on any atom is 0.133 e. The highest BCUT2D eigenvalue weighted by Crippen LogP contribution is 2.29. The van der Waals surface area contributed by atoms with Crippen LogP contribution < -0.4 is 9.47 Å². The number of rotatable bonds is 5. The highest BCUT2D eigenvalue weighted by Gasteiger charge is 2.03. The van der Waals surface area contributed by atoms with E-state index in [0.29, 0.717) is 6.61 Å². The molecule has 0 aliphatic heterocycles. The average molecular weight is 313 g/mol. The zero-order chi connectivity index (χ0) is 12.1. The minimum absolute atomic E-state index is 0.686. The third kappa shape index (κ3) is 3.48. The topological polar surface area (TPSA) is 18.5 Å². The van der Waals surface area contributed by atoms with Crippen molar-refractivity contribution >= 4 is 27.3 Å². The molecule has 0 N–H and O–H groups in total. The third-order valence-electron chi connectivity index (χ3n) is 2.33. The first-order valence-electron chi connectivity index (χ1n) is 5.28. The molecule has 0 fully saturated rings. The minimum Gasteiger partial charge on any atom is -0.497 e. The van der Waals surface area contributed by atoms with Crippen LogP contribution in [0.4, 0.5) is 0 Å². The van der Waals surface area contributed by atoms with Crippen molar-refractivity contribution in [2.75, 3.05) is 13.7 Å². The van der Waals surface area contributed by atoms with E-state index in [-0.39, 0.29) is 0 Å². The van der Waals surface area contributed by atoms with Gasteiger partial charge in [0.1, 0.15) is 11.5 Å². The molecule has 0 aliphatic carbocycles. The molecule has 0 spiro atoms. The van der Waals surface area contributed by atoms with Gasteiger partial charge in [-0.15, -0.1) is 11.3 Å². The van der Waals surface area contributed by atoms with Crippen LogP contribution in [0.25, 0.3) is 0 Å². The molecule has 0 atom stereocenters. The van der Waals surface area contributed by atoms with Gasteiger partial charge in [-0.25, -0.2) is 0 Å². The van der Waals surface area contributed by atoms with Crippen molar-refractivity contribution in [3.05, 3.63) is 45.1 Å². The molecule has 17 heavy (non-hydrogen) atoms. The summed E-state index contributed by atoms with van der Waals surface area (Å²) < 4.78 is 11.8. The molecule has 90 valence electrons. The Bertz CT molecular complexity index is 468. The van der Waals surface area contributed by atoms with Gasteiger partial charge in [-0.2, -0.15) is 0 Å². The number of ether oxygens (including phenoxy) is 2. The molecular weight excluding hydrogens is 300 g/mol. The van der Waals surface area contributed by atoms with Crippen LogP contribution in [-0.2, 0) is 6.42 Å². The van der Waals surface area contributed by atoms with E-state index >= 15 is 0 Å². The van der Waals surface area contributed by atoms with E-state index in [1.807, 2.05) is 18.2 Å². The molecule has 2 nitrogen and oxygen atoms in total. The summed E-state index contributed by atoms with van der Waals surface area (Å²) in [6.45, 7) is 0.686. The van der Waals surface area contributed by atoms with Crippen molar-refractivity contribution in [3.8, 4) is 11.5 Å². The molecule has 0 saturated carbocycles. The highest BCUT2D eigenvalue weighted by molar-refractivity contribution is 9.10. The first-order chi connectivity index (χ1) is 8.29. The number of methoxy groups -OCH3 is 1. The summed E-state index contributed by atoms with van der Waals surface area (Å²) in [5.74, 6) is 1.67. The van der Waals surface area contributed by atoms with Gasteiger partial charge < -0.3 is 9.47 Å². The second-order valence-electron chi connectivity index (χ2n) is 3.47. The van der Waals surface area contributed by atoms with Crippen LogP contribution in [0.15, 0.2) is 40.2 Å². The van der Waals surface area contributed by atoms with Gasteiger partial charge in [0, 0.05) is 11.3 Å². The van der Waals surface area contributed by atoms with E-state index in [0.717, 1.165) is 22.4 Å². The maximum atomic E-state index is 5.71. The lowest BCUT2D eigenvalue weighted by Crippen LogP contribution is -2.00. The lowest BCUT2D eigenvalue weighted by atomic mass is 10.3. The number of hydrogen-bond acceptors (Lipinski definition) is 3. The van der Waals surface area contributed by atoms with Crippen molar-refractivity contribution < 1.29 is 9.47 Å². The monoisotopic (exact) mass is 312 g/mol. The third-order valence-corrected chi connectivity index (χ3v) is 3.88. The Labute approximate surface area is 113 Å². The summed E-state index contributed by atoms with van der Waals surface area (Å²) in [5.41, 5.74) is 0. The second-order valence-corrected chi connectivity index (χ2v) is 5.36. The molecule has 0 amide bonds. The molecule has 0 aliphatic rings. The van der Waals surface area contributed by atoms with E-state index < -0.39 is 0 Å². The van der Waals surface area contributed by atoms with Crippen molar-refractivity contribution in [3.63, 3.8) is 0 Å². The van der Waals surface area contributed by atoms with E-state index in [2.05, 4.69) is 33.4 Å². The molecule has 4 heteroatoms. The van der Waals surface area contributed by atoms with Crippen molar-refractivity contribution in [1.29, 1.82) is 0 Å². The predicted octanol–water partition coefficient (Wildman–Crippen LogP) is 4.14. The molecule has 1 heterocycles. The maximum absolute atomic E-state index is 5.71. The van der Waals surface area contributed by atoms with Gasteiger partial charge >= 0.3 is 0 Å². The lowest BCUT2D eigenvalue weighted by Gasteiger charge is -2.08. The summed E-state index contributed by atoms with van der Waals surface area (Å²) in [4.78, 5) is 1.34. The van der Waals surface area contributed by atoms with Crippen LogP contribution in [0.1, 0.15) is 4.88 Å². The molecule has 1 aromatic carbocycles. The fraction of sp³-hybridized carbons (Fsp3) is 0.231. The quantitative estimate of drug-likeness (QED) is 0.826. The Balaban J connectivity index is 1.90. The molecule has 0 bridgehead atoms. The highest BCUT2D eigenvalue weighted by atomic mass is 79.9. The van der Waals surface area contributed by atoms with Crippen molar-refractivity contribution in [1.82, 2.24) is 0 Å². The largest absolute Gasteiger partial charge is 0.497 e. The summed E-state index contributed by atoms with van der Waals surface area (Å²) in [5, 5.41) is 2.08. The van der Waals surface area contributed by atoms with Crippen molar-refractivity contribution in [2.45, 2.75) is 6.42 Å². The van der Waals surface area contributed by atoms with Gasteiger partial charge in [0.15, 0.2) is 0 Å². The summed E-state index contributed by atoms with van der Waals surface area (Å²) in [6, 6.07) is 9.89. The van der Waals surface area contributed by atoms with Gasteiger partial charge in [-0.05, 0) is 45.6 Å². The fourth-order valence-corrected chi connectivity index (χ4v) is 2.60. The molecular formula is C13H13BrO2S. The van der Waals surface area contributed by atoms with E-state index in [1.165, 1.54) is 4.88 Å². The van der Waals surface area contributed by atoms with Crippen LogP contribution in [0.2, 0.25) is 0 Å². The molecule has 0 saturated heterocycles. The minimum atomic E-state index is 0.686. The molecule has 0 radical (unpaired) electrons. The number of hydrogen-bond donors (Lipinski definition) is 0. The first kappa shape index (κ1) is 12.5. The summed E-state index contributed by atoms with van der Waals surface area (Å²) in [6.07, 6.45) is 0.941. The van der Waals surface area contributed by atoms with E-state index in [1.54, 1.807) is 18.4 Å². The van der Waals surface area contributed by atoms with E-state index in [9.17, 15) is 0 Å². The van der Waals surface area contributed by atoms with E-state index in [4.69, 9.17) is 9.47 Å². The second kappa shape index (κ2) is 6.07. The van der Waals surface area contributed by atoms with Crippen molar-refractivity contribution in [2.24, 2.45) is 0 Å². The Kier molecular flexibility index (Phi) is 4.45. The fourth-order valence-electron chi connectivity index (χ4n) is 1.44. The summed E-state index contributed by atoms with van der Waals surface area (Å²) in [7, 11) is 1.65. The van der Waals surface area contributed by atoms with Gasteiger partial charge in [0.05, 0.1) is 18.2 Å². The van der Waals surface area contributed by atoms with Gasteiger partial charge in [0.2, 0.25) is 0 Å². The first-order valence-corrected chi connectivity index (χ1v) is 6.95. The molecule has 2 rings (SSSR count). The van der Waals surface area contributed by atoms with Crippen LogP contribution in [0.5, 0.6) is 11.5 Å². The number of benzene rings is 1. The smallest absolute Gasteiger partial charge is 0.133 e. The van der Waals surface area contributed by atoms with Gasteiger partial charge in [-0.1, -0.05) is 6.07 Å². The van der Waals surface area contributed by atoms with Crippen LogP contribution in [0, 0.1) is 0 Å². The molecule has 2 aromatic rings. The Morgan fingerprint density at radius 3 is 2.82 bits per heavy atom. The average Bonchev–Trinajstić information content (AvgIpc) is 2.84. The SMILES string of the molecule is COc1ccc(OCCc2cccs2)c(Br)c1. The molecule has 0 unspecified atom stereocenters. The van der Waals surface area contributed by atoms with Crippen LogP contribution in [-0.4, -0.2) is 13.7 Å². The zero-order valence-corrected chi connectivity index (χ0v) is 11.9. The van der Waals surface area contributed by atoms with Gasteiger partial charge in [-0.3, -0.25) is 0 Å². The Morgan fingerprint density at radius 2 is 2.18 bits per heavy atom. The Hall–Kier alpha value is -1.00.